The number of rotatable bonds is 5. The fourth-order valence-corrected chi connectivity index (χ4v) is 2.75. The Bertz CT molecular complexity index is 493. The highest BCUT2D eigenvalue weighted by atomic mass is 35.5. The Morgan fingerprint density at radius 2 is 2.05 bits per heavy atom. The molecular weight excluding hydrogens is 307 g/mol. The van der Waals surface area contributed by atoms with Gasteiger partial charge in [-0.05, 0) is 50.9 Å². The van der Waals surface area contributed by atoms with E-state index in [0.29, 0.717) is 24.8 Å². The van der Waals surface area contributed by atoms with Gasteiger partial charge in [-0.15, -0.1) is 12.4 Å². The van der Waals surface area contributed by atoms with Crippen molar-refractivity contribution in [2.75, 3.05) is 20.2 Å². The van der Waals surface area contributed by atoms with Gasteiger partial charge in [0.2, 0.25) is 0 Å². The first-order valence-electron chi connectivity index (χ1n) is 7.37. The number of amides is 1. The Balaban J connectivity index is 0.00000242. The zero-order valence-corrected chi connectivity index (χ0v) is 13.8. The molecular formula is C16H24ClFN2O2. The lowest BCUT2D eigenvalue weighted by Gasteiger charge is -2.35. The predicted molar refractivity (Wildman–Crippen MR) is 86.8 cm³/mol. The van der Waals surface area contributed by atoms with Gasteiger partial charge in [0.05, 0.1) is 0 Å². The van der Waals surface area contributed by atoms with Gasteiger partial charge in [0.15, 0.2) is 0 Å². The van der Waals surface area contributed by atoms with Crippen molar-refractivity contribution in [2.24, 2.45) is 0 Å². The molecule has 1 heterocycles. The van der Waals surface area contributed by atoms with Crippen molar-refractivity contribution in [3.05, 3.63) is 35.6 Å². The highest BCUT2D eigenvalue weighted by molar-refractivity contribution is 5.86. The second kappa shape index (κ2) is 8.46. The molecule has 6 heteroatoms. The van der Waals surface area contributed by atoms with Crippen LogP contribution < -0.4 is 10.6 Å². The van der Waals surface area contributed by atoms with Crippen LogP contribution in [0.4, 0.5) is 4.39 Å². The van der Waals surface area contributed by atoms with Crippen molar-refractivity contribution < 1.29 is 13.9 Å². The van der Waals surface area contributed by atoms with Crippen LogP contribution in [0.1, 0.15) is 25.3 Å². The number of hydrogen-bond donors (Lipinski definition) is 2. The largest absolute Gasteiger partial charge is 0.368 e. The summed E-state index contributed by atoms with van der Waals surface area (Å²) in [5.74, 6) is -0.336. The molecule has 1 amide bonds. The molecule has 1 aliphatic rings. The lowest BCUT2D eigenvalue weighted by atomic mass is 9.90. The van der Waals surface area contributed by atoms with Crippen LogP contribution in [0.5, 0.6) is 0 Å². The molecule has 0 aromatic heterocycles. The average molecular weight is 331 g/mol. The van der Waals surface area contributed by atoms with Crippen molar-refractivity contribution in [2.45, 2.75) is 37.8 Å². The van der Waals surface area contributed by atoms with E-state index in [4.69, 9.17) is 4.74 Å². The van der Waals surface area contributed by atoms with Crippen LogP contribution >= 0.6 is 12.4 Å². The average Bonchev–Trinajstić information content (AvgIpc) is 2.50. The number of carbonyl (C=O) groups is 1. The first kappa shape index (κ1) is 18.9. The summed E-state index contributed by atoms with van der Waals surface area (Å²) in [6, 6.07) is 6.51. The third-order valence-corrected chi connectivity index (χ3v) is 4.08. The van der Waals surface area contributed by atoms with Crippen molar-refractivity contribution in [1.29, 1.82) is 0 Å². The Hall–Kier alpha value is -1.17. The monoisotopic (exact) mass is 330 g/mol. The summed E-state index contributed by atoms with van der Waals surface area (Å²) >= 11 is 0. The predicted octanol–water partition coefficient (Wildman–Crippen LogP) is 2.06. The van der Waals surface area contributed by atoms with Crippen LogP contribution in [0.2, 0.25) is 0 Å². The minimum Gasteiger partial charge on any atom is -0.368 e. The van der Waals surface area contributed by atoms with E-state index >= 15 is 0 Å². The number of methoxy groups -OCH3 is 1. The fourth-order valence-electron chi connectivity index (χ4n) is 2.75. The number of carbonyl (C=O) groups excluding carboxylic acids is 1. The Kier molecular flexibility index (Phi) is 7.26. The van der Waals surface area contributed by atoms with Crippen LogP contribution in [0.25, 0.3) is 0 Å². The van der Waals surface area contributed by atoms with Gasteiger partial charge in [-0.25, -0.2) is 4.39 Å². The summed E-state index contributed by atoms with van der Waals surface area (Å²) in [5.41, 5.74) is -0.142. The van der Waals surface area contributed by atoms with E-state index in [1.807, 2.05) is 6.92 Å². The number of hydrogen-bond acceptors (Lipinski definition) is 3. The van der Waals surface area contributed by atoms with Gasteiger partial charge in [-0.2, -0.15) is 0 Å². The summed E-state index contributed by atoms with van der Waals surface area (Å²) in [4.78, 5) is 12.5. The molecule has 0 spiro atoms. The zero-order chi connectivity index (χ0) is 15.3. The third kappa shape index (κ3) is 4.41. The van der Waals surface area contributed by atoms with Gasteiger partial charge < -0.3 is 15.4 Å². The Morgan fingerprint density at radius 3 is 2.64 bits per heavy atom. The molecule has 1 aromatic rings. The molecule has 124 valence electrons. The first-order valence-corrected chi connectivity index (χ1v) is 7.37. The lowest BCUT2D eigenvalue weighted by molar-refractivity contribution is -0.147. The topological polar surface area (TPSA) is 50.4 Å². The van der Waals surface area contributed by atoms with E-state index in [0.717, 1.165) is 13.1 Å². The van der Waals surface area contributed by atoms with Crippen molar-refractivity contribution >= 4 is 18.3 Å². The number of nitrogens with one attached hydrogen (secondary N) is 2. The first-order chi connectivity index (χ1) is 10.1. The van der Waals surface area contributed by atoms with Crippen molar-refractivity contribution in [3.63, 3.8) is 0 Å². The smallest absolute Gasteiger partial charge is 0.252 e. The molecule has 2 N–H and O–H groups in total. The van der Waals surface area contributed by atoms with Crippen LogP contribution in [0.3, 0.4) is 0 Å². The van der Waals surface area contributed by atoms with E-state index < -0.39 is 5.60 Å². The summed E-state index contributed by atoms with van der Waals surface area (Å²) in [7, 11) is 1.58. The van der Waals surface area contributed by atoms with Crippen molar-refractivity contribution in [3.8, 4) is 0 Å². The van der Waals surface area contributed by atoms with Gasteiger partial charge in [0.1, 0.15) is 11.4 Å². The lowest BCUT2D eigenvalue weighted by Crippen LogP contribution is -2.55. The highest BCUT2D eigenvalue weighted by Gasteiger charge is 2.40. The van der Waals surface area contributed by atoms with Crippen LogP contribution in [-0.2, 0) is 16.0 Å². The maximum absolute atomic E-state index is 13.6. The molecule has 1 atom stereocenters. The molecule has 0 aliphatic carbocycles. The van der Waals surface area contributed by atoms with Gasteiger partial charge in [0.25, 0.3) is 5.91 Å². The second-order valence-electron chi connectivity index (χ2n) is 5.62. The van der Waals surface area contributed by atoms with Crippen LogP contribution in [-0.4, -0.2) is 37.7 Å². The molecule has 22 heavy (non-hydrogen) atoms. The molecule has 2 rings (SSSR count). The van der Waals surface area contributed by atoms with E-state index in [2.05, 4.69) is 10.6 Å². The summed E-state index contributed by atoms with van der Waals surface area (Å²) in [6.07, 6.45) is 1.78. The maximum atomic E-state index is 13.6. The molecule has 4 nitrogen and oxygen atoms in total. The molecule has 1 fully saturated rings. The molecule has 1 aromatic carbocycles. The highest BCUT2D eigenvalue weighted by Crippen LogP contribution is 2.23. The molecule has 0 saturated carbocycles. The minimum atomic E-state index is -0.755. The standard InChI is InChI=1S/C16H23FN2O2.ClH/c1-12(11-13-5-3-4-6-14(13)17)19-15(20)16(21-2)7-9-18-10-8-16;/h3-6,12,18H,7-11H2,1-2H3,(H,19,20);1H. The number of ether oxygens (including phenoxy) is 1. The van der Waals surface area contributed by atoms with E-state index in [9.17, 15) is 9.18 Å². The van der Waals surface area contributed by atoms with E-state index in [1.165, 1.54) is 6.07 Å². The molecule has 1 aliphatic heterocycles. The van der Waals surface area contributed by atoms with Gasteiger partial charge in [0, 0.05) is 13.2 Å². The second-order valence-corrected chi connectivity index (χ2v) is 5.62. The van der Waals surface area contributed by atoms with Gasteiger partial charge >= 0.3 is 0 Å². The van der Waals surface area contributed by atoms with Gasteiger partial charge in [-0.1, -0.05) is 18.2 Å². The molecule has 0 bridgehead atoms. The summed E-state index contributed by atoms with van der Waals surface area (Å²) in [5, 5.41) is 6.18. The fraction of sp³-hybridized carbons (Fsp3) is 0.562. The summed E-state index contributed by atoms with van der Waals surface area (Å²) < 4.78 is 19.1. The van der Waals surface area contributed by atoms with Crippen molar-refractivity contribution in [1.82, 2.24) is 10.6 Å². The van der Waals surface area contributed by atoms with Crippen LogP contribution in [0.15, 0.2) is 24.3 Å². The quantitative estimate of drug-likeness (QED) is 0.869. The normalized spacial score (nSPS) is 18.1. The number of halogens is 2. The van der Waals surface area contributed by atoms with E-state index in [-0.39, 0.29) is 30.2 Å². The zero-order valence-electron chi connectivity index (χ0n) is 13.0. The third-order valence-electron chi connectivity index (χ3n) is 4.08. The SMILES string of the molecule is COC1(C(=O)NC(C)Cc2ccccc2F)CCNCC1.Cl. The van der Waals surface area contributed by atoms with Gasteiger partial charge in [-0.3, -0.25) is 4.79 Å². The summed E-state index contributed by atoms with van der Waals surface area (Å²) in [6.45, 7) is 3.42. The Labute approximate surface area is 137 Å². The van der Waals surface area contributed by atoms with E-state index in [1.54, 1.807) is 25.3 Å². The number of benzene rings is 1. The molecule has 1 unspecified atom stereocenters. The number of piperidine rings is 1. The minimum absolute atomic E-state index is 0. The van der Waals surface area contributed by atoms with Crippen LogP contribution in [0, 0.1) is 5.82 Å². The molecule has 0 radical (unpaired) electrons. The molecule has 1 saturated heterocycles. The maximum Gasteiger partial charge on any atom is 0.252 e. The Morgan fingerprint density at radius 1 is 1.41 bits per heavy atom.